The Bertz CT molecular complexity index is 567. The van der Waals surface area contributed by atoms with Gasteiger partial charge in [-0.25, -0.2) is 0 Å². The average molecular weight is 316 g/mol. The maximum Gasteiger partial charge on any atom is -0.00145 e. The summed E-state index contributed by atoms with van der Waals surface area (Å²) in [7, 11) is 2.08. The molecule has 2 aromatic carbocycles. The summed E-state index contributed by atoms with van der Waals surface area (Å²) in [5, 5.41) is 3.42. The molecule has 0 fully saturated rings. The number of benzene rings is 2. The molecule has 1 N–H and O–H groups in total. The van der Waals surface area contributed by atoms with Crippen molar-refractivity contribution in [3.05, 3.63) is 71.3 Å². The molecular weight excluding hydrogens is 290 g/mol. The van der Waals surface area contributed by atoms with Crippen molar-refractivity contribution < 1.29 is 0 Å². The van der Waals surface area contributed by atoms with E-state index in [9.17, 15) is 0 Å². The zero-order valence-electron chi connectivity index (χ0n) is 13.3. The number of aryl methyl sites for hydroxylation is 1. The van der Waals surface area contributed by atoms with Gasteiger partial charge in [0, 0.05) is 0 Å². The first kappa shape index (κ1) is 17.1. The Morgan fingerprint density at radius 1 is 1.05 bits per heavy atom. The van der Waals surface area contributed by atoms with E-state index in [1.54, 1.807) is 11.1 Å². The summed E-state index contributed by atoms with van der Waals surface area (Å²) >= 11 is 0. The van der Waals surface area contributed by atoms with Gasteiger partial charge in [0.05, 0.1) is 0 Å². The number of hydrogen-bond donors (Lipinski definition) is 1. The number of hydrogen-bond acceptors (Lipinski definition) is 1. The van der Waals surface area contributed by atoms with E-state index >= 15 is 0 Å². The van der Waals surface area contributed by atoms with Crippen LogP contribution in [-0.2, 0) is 12.8 Å². The second kappa shape index (κ2) is 8.36. The molecule has 0 heterocycles. The van der Waals surface area contributed by atoms with Gasteiger partial charge in [0.25, 0.3) is 0 Å². The molecule has 0 saturated heterocycles. The molecule has 0 radical (unpaired) electrons. The molecule has 1 nitrogen and oxygen atoms in total. The monoisotopic (exact) mass is 315 g/mol. The number of rotatable bonds is 5. The van der Waals surface area contributed by atoms with Crippen LogP contribution < -0.4 is 5.32 Å². The molecule has 2 aromatic rings. The minimum absolute atomic E-state index is 0. The van der Waals surface area contributed by atoms with E-state index in [-0.39, 0.29) is 12.4 Å². The third-order valence-corrected chi connectivity index (χ3v) is 4.79. The standard InChI is InChI=1S/C20H25N.ClH/c1-21-15-18(14-16-8-3-2-4-9-16)20-13-7-11-17-10-5-6-12-19(17)20;/h2-6,8-10,12,18,20-21H,7,11,13-15H2,1H3;1H. The van der Waals surface area contributed by atoms with E-state index in [1.807, 2.05) is 0 Å². The van der Waals surface area contributed by atoms with E-state index in [0.717, 1.165) is 6.54 Å². The van der Waals surface area contributed by atoms with Gasteiger partial charge in [-0.05, 0) is 67.8 Å². The molecule has 3 rings (SSSR count). The lowest BCUT2D eigenvalue weighted by atomic mass is 9.74. The molecule has 0 aromatic heterocycles. The molecule has 0 amide bonds. The fourth-order valence-corrected chi connectivity index (χ4v) is 3.82. The lowest BCUT2D eigenvalue weighted by Crippen LogP contribution is -2.29. The molecule has 0 spiro atoms. The minimum Gasteiger partial charge on any atom is -0.319 e. The highest BCUT2D eigenvalue weighted by atomic mass is 35.5. The van der Waals surface area contributed by atoms with Crippen LogP contribution in [0.3, 0.4) is 0 Å². The lowest BCUT2D eigenvalue weighted by Gasteiger charge is -2.32. The molecule has 1 aliphatic rings. The Balaban J connectivity index is 0.00000176. The topological polar surface area (TPSA) is 12.0 Å². The molecule has 2 unspecified atom stereocenters. The van der Waals surface area contributed by atoms with Crippen LogP contribution in [0.5, 0.6) is 0 Å². The molecule has 1 aliphatic carbocycles. The van der Waals surface area contributed by atoms with Gasteiger partial charge in [0.1, 0.15) is 0 Å². The Morgan fingerprint density at radius 3 is 2.55 bits per heavy atom. The predicted octanol–water partition coefficient (Wildman–Crippen LogP) is 4.61. The van der Waals surface area contributed by atoms with Crippen LogP contribution in [0.25, 0.3) is 0 Å². The molecule has 22 heavy (non-hydrogen) atoms. The van der Waals surface area contributed by atoms with Crippen LogP contribution in [0.1, 0.15) is 35.4 Å². The number of fused-ring (bicyclic) bond motifs is 1. The quantitative estimate of drug-likeness (QED) is 0.850. The van der Waals surface area contributed by atoms with Crippen molar-refractivity contribution in [3.8, 4) is 0 Å². The molecule has 0 bridgehead atoms. The number of halogens is 1. The number of nitrogens with one attached hydrogen (secondary N) is 1. The van der Waals surface area contributed by atoms with Gasteiger partial charge in [-0.2, -0.15) is 0 Å². The van der Waals surface area contributed by atoms with Crippen LogP contribution in [0.4, 0.5) is 0 Å². The van der Waals surface area contributed by atoms with Crippen LogP contribution in [0, 0.1) is 5.92 Å². The summed E-state index contributed by atoms with van der Waals surface area (Å²) in [4.78, 5) is 0. The second-order valence-corrected chi connectivity index (χ2v) is 6.21. The summed E-state index contributed by atoms with van der Waals surface area (Å²) in [6, 6.07) is 20.0. The summed E-state index contributed by atoms with van der Waals surface area (Å²) in [6.07, 6.45) is 5.08. The van der Waals surface area contributed by atoms with Gasteiger partial charge >= 0.3 is 0 Å². The second-order valence-electron chi connectivity index (χ2n) is 6.21. The summed E-state index contributed by atoms with van der Waals surface area (Å²) < 4.78 is 0. The third-order valence-electron chi connectivity index (χ3n) is 4.79. The molecule has 0 aliphatic heterocycles. The molecule has 2 atom stereocenters. The third kappa shape index (κ3) is 3.91. The van der Waals surface area contributed by atoms with Crippen molar-refractivity contribution in [3.63, 3.8) is 0 Å². The maximum atomic E-state index is 3.42. The van der Waals surface area contributed by atoms with Gasteiger partial charge < -0.3 is 5.32 Å². The van der Waals surface area contributed by atoms with Crippen LogP contribution >= 0.6 is 12.4 Å². The fraction of sp³-hybridized carbons (Fsp3) is 0.400. The summed E-state index contributed by atoms with van der Waals surface area (Å²) in [5.74, 6) is 1.38. The van der Waals surface area contributed by atoms with Crippen molar-refractivity contribution >= 4 is 12.4 Å². The Morgan fingerprint density at radius 2 is 1.77 bits per heavy atom. The largest absolute Gasteiger partial charge is 0.319 e. The lowest BCUT2D eigenvalue weighted by molar-refractivity contribution is 0.366. The fourth-order valence-electron chi connectivity index (χ4n) is 3.82. The smallest absolute Gasteiger partial charge is 0.00145 e. The zero-order chi connectivity index (χ0) is 14.5. The Kier molecular flexibility index (Phi) is 6.48. The van der Waals surface area contributed by atoms with Gasteiger partial charge in [0.2, 0.25) is 0 Å². The van der Waals surface area contributed by atoms with Crippen LogP contribution in [0.2, 0.25) is 0 Å². The van der Waals surface area contributed by atoms with E-state index < -0.39 is 0 Å². The van der Waals surface area contributed by atoms with Crippen molar-refractivity contribution in [1.29, 1.82) is 0 Å². The Hall–Kier alpha value is -1.31. The van der Waals surface area contributed by atoms with Gasteiger partial charge in [0.15, 0.2) is 0 Å². The SMILES string of the molecule is CNCC(Cc1ccccc1)C1CCCc2ccccc21.Cl. The summed E-state index contributed by atoms with van der Waals surface area (Å²) in [6.45, 7) is 1.09. The van der Waals surface area contributed by atoms with Crippen molar-refractivity contribution in [2.45, 2.75) is 31.6 Å². The molecule has 0 saturated carbocycles. The van der Waals surface area contributed by atoms with Gasteiger partial charge in [-0.1, -0.05) is 54.6 Å². The van der Waals surface area contributed by atoms with Crippen molar-refractivity contribution in [2.24, 2.45) is 5.92 Å². The van der Waals surface area contributed by atoms with Crippen molar-refractivity contribution in [2.75, 3.05) is 13.6 Å². The first-order chi connectivity index (χ1) is 10.4. The van der Waals surface area contributed by atoms with Gasteiger partial charge in [-0.15, -0.1) is 12.4 Å². The molecular formula is C20H26ClN. The predicted molar refractivity (Wildman–Crippen MR) is 96.9 cm³/mol. The molecule has 2 heteroatoms. The first-order valence-corrected chi connectivity index (χ1v) is 8.15. The molecule has 118 valence electrons. The minimum atomic E-state index is 0. The van der Waals surface area contributed by atoms with E-state index in [2.05, 4.69) is 67.0 Å². The highest BCUT2D eigenvalue weighted by molar-refractivity contribution is 5.85. The van der Waals surface area contributed by atoms with Crippen LogP contribution in [-0.4, -0.2) is 13.6 Å². The summed E-state index contributed by atoms with van der Waals surface area (Å²) in [5.41, 5.74) is 4.63. The van der Waals surface area contributed by atoms with E-state index in [0.29, 0.717) is 11.8 Å². The normalized spacial score (nSPS) is 18.1. The highest BCUT2D eigenvalue weighted by Crippen LogP contribution is 2.38. The first-order valence-electron chi connectivity index (χ1n) is 8.15. The van der Waals surface area contributed by atoms with Crippen LogP contribution in [0.15, 0.2) is 54.6 Å². The van der Waals surface area contributed by atoms with Crippen molar-refractivity contribution in [1.82, 2.24) is 5.32 Å². The van der Waals surface area contributed by atoms with E-state index in [1.165, 1.54) is 31.2 Å². The zero-order valence-corrected chi connectivity index (χ0v) is 14.1. The highest BCUT2D eigenvalue weighted by Gasteiger charge is 2.27. The van der Waals surface area contributed by atoms with E-state index in [4.69, 9.17) is 0 Å². The average Bonchev–Trinajstić information content (AvgIpc) is 2.55. The maximum absolute atomic E-state index is 3.42. The van der Waals surface area contributed by atoms with Gasteiger partial charge in [-0.3, -0.25) is 0 Å². The Labute approximate surface area is 140 Å².